The molecule has 0 saturated carbocycles. The monoisotopic (exact) mass is 433 g/mol. The molecule has 0 radical (unpaired) electrons. The minimum atomic E-state index is 0.0654. The number of ether oxygens (including phenoxy) is 1. The van der Waals surface area contributed by atoms with Crippen LogP contribution in [0, 0.1) is 0 Å². The van der Waals surface area contributed by atoms with Crippen LogP contribution in [-0.2, 0) is 4.74 Å². The average Bonchev–Trinajstić information content (AvgIpc) is 2.96. The molecule has 28 heavy (non-hydrogen) atoms. The van der Waals surface area contributed by atoms with Crippen LogP contribution in [0.2, 0.25) is 10.0 Å². The lowest BCUT2D eigenvalue weighted by atomic mass is 10.1. The molecule has 6 nitrogen and oxygen atoms in total. The molecule has 1 unspecified atom stereocenters. The minimum absolute atomic E-state index is 0.0654. The summed E-state index contributed by atoms with van der Waals surface area (Å²) in [7, 11) is 0. The number of hydrogen-bond donors (Lipinski definition) is 1. The van der Waals surface area contributed by atoms with E-state index >= 15 is 0 Å². The highest BCUT2D eigenvalue weighted by molar-refractivity contribution is 7.99. The van der Waals surface area contributed by atoms with Gasteiger partial charge in [-0.25, -0.2) is 15.0 Å². The Balaban J connectivity index is 1.40. The maximum Gasteiger partial charge on any atom is 0.179 e. The summed E-state index contributed by atoms with van der Waals surface area (Å²) in [5.41, 5.74) is 7.48. The van der Waals surface area contributed by atoms with Gasteiger partial charge in [0.25, 0.3) is 0 Å². The molecular formula is C19H17Cl2N5OS. The van der Waals surface area contributed by atoms with Gasteiger partial charge in [0.15, 0.2) is 5.65 Å². The summed E-state index contributed by atoms with van der Waals surface area (Å²) in [5, 5.41) is 1.84. The zero-order chi connectivity index (χ0) is 19.3. The highest BCUT2D eigenvalue weighted by atomic mass is 35.5. The molecule has 144 valence electrons. The fourth-order valence-electron chi connectivity index (χ4n) is 3.64. The molecule has 3 atom stereocenters. The number of aromatic nitrogens is 3. The summed E-state index contributed by atoms with van der Waals surface area (Å²) in [6, 6.07) is 9.49. The van der Waals surface area contributed by atoms with E-state index < -0.39 is 0 Å². The van der Waals surface area contributed by atoms with Crippen molar-refractivity contribution in [3.8, 4) is 0 Å². The van der Waals surface area contributed by atoms with Crippen molar-refractivity contribution in [2.24, 2.45) is 5.73 Å². The van der Waals surface area contributed by atoms with E-state index in [1.165, 1.54) is 11.8 Å². The predicted octanol–water partition coefficient (Wildman–Crippen LogP) is 3.79. The first kappa shape index (κ1) is 18.4. The summed E-state index contributed by atoms with van der Waals surface area (Å²) < 4.78 is 5.89. The number of anilines is 1. The molecule has 2 fully saturated rings. The lowest BCUT2D eigenvalue weighted by molar-refractivity contribution is 0.0269. The van der Waals surface area contributed by atoms with Gasteiger partial charge in [0.1, 0.15) is 16.4 Å². The lowest BCUT2D eigenvalue weighted by Crippen LogP contribution is -2.46. The molecule has 0 spiro atoms. The zero-order valence-corrected chi connectivity index (χ0v) is 17.1. The van der Waals surface area contributed by atoms with Gasteiger partial charge in [0.2, 0.25) is 0 Å². The molecule has 1 aromatic carbocycles. The molecule has 9 heteroatoms. The largest absolute Gasteiger partial charge is 0.370 e. The van der Waals surface area contributed by atoms with Crippen molar-refractivity contribution in [3.63, 3.8) is 0 Å². The molecule has 0 amide bonds. The van der Waals surface area contributed by atoms with Crippen molar-refractivity contribution in [3.05, 3.63) is 46.6 Å². The summed E-state index contributed by atoms with van der Waals surface area (Å²) >= 11 is 13.8. The first-order valence-electron chi connectivity index (χ1n) is 8.98. The Morgan fingerprint density at radius 1 is 1.14 bits per heavy atom. The van der Waals surface area contributed by atoms with E-state index in [0.717, 1.165) is 40.8 Å². The number of fused-ring (bicyclic) bond motifs is 3. The quantitative estimate of drug-likeness (QED) is 0.672. The number of morpholine rings is 1. The first-order valence-corrected chi connectivity index (χ1v) is 10.6. The standard InChI is InChI=1S/C19H17Cl2N5OS/c20-11-2-1-3-15(18(11)21)28-17-5-4-13-19(25-17)23-7-16(24-13)26-8-10-6-12(22)14(9-26)27-10/h1-5,7,10,12,14H,6,8-9,22H2/t10-,12+,14?/m1/s1. The summed E-state index contributed by atoms with van der Waals surface area (Å²) in [4.78, 5) is 16.9. The van der Waals surface area contributed by atoms with Crippen molar-refractivity contribution >= 4 is 51.9 Å². The van der Waals surface area contributed by atoms with Gasteiger partial charge >= 0.3 is 0 Å². The Hall–Kier alpha value is -1.64. The zero-order valence-electron chi connectivity index (χ0n) is 14.8. The molecule has 2 aromatic heterocycles. The van der Waals surface area contributed by atoms with Crippen molar-refractivity contribution < 1.29 is 4.74 Å². The second-order valence-corrected chi connectivity index (χ2v) is 8.82. The van der Waals surface area contributed by atoms with Crippen LogP contribution in [0.1, 0.15) is 6.42 Å². The van der Waals surface area contributed by atoms with Crippen molar-refractivity contribution in [1.82, 2.24) is 15.0 Å². The van der Waals surface area contributed by atoms with E-state index in [2.05, 4.69) is 14.9 Å². The van der Waals surface area contributed by atoms with Crippen molar-refractivity contribution in [1.29, 1.82) is 0 Å². The Bertz CT molecular complexity index is 1050. The van der Waals surface area contributed by atoms with Gasteiger partial charge in [-0.1, -0.05) is 41.0 Å². The van der Waals surface area contributed by atoms with Crippen molar-refractivity contribution in [2.45, 2.75) is 34.6 Å². The van der Waals surface area contributed by atoms with Crippen LogP contribution >= 0.6 is 35.0 Å². The van der Waals surface area contributed by atoms with Crippen LogP contribution in [0.5, 0.6) is 0 Å². The maximum absolute atomic E-state index is 6.27. The van der Waals surface area contributed by atoms with E-state index in [4.69, 9.17) is 38.7 Å². The normalized spacial score (nSPS) is 24.1. The highest BCUT2D eigenvalue weighted by Crippen LogP contribution is 2.36. The van der Waals surface area contributed by atoms with E-state index in [0.29, 0.717) is 15.7 Å². The second kappa shape index (κ2) is 7.31. The predicted molar refractivity (Wildman–Crippen MR) is 111 cm³/mol. The highest BCUT2D eigenvalue weighted by Gasteiger charge is 2.39. The maximum atomic E-state index is 6.27. The molecule has 4 heterocycles. The van der Waals surface area contributed by atoms with Crippen LogP contribution in [0.4, 0.5) is 5.82 Å². The number of halogens is 2. The van der Waals surface area contributed by atoms with Crippen LogP contribution < -0.4 is 10.6 Å². The Kier molecular flexibility index (Phi) is 4.80. The van der Waals surface area contributed by atoms with Crippen LogP contribution in [-0.4, -0.2) is 46.3 Å². The Labute approximate surface area is 176 Å². The van der Waals surface area contributed by atoms with E-state index in [1.54, 1.807) is 12.3 Å². The van der Waals surface area contributed by atoms with Crippen LogP contribution in [0.3, 0.4) is 0 Å². The number of rotatable bonds is 3. The molecular weight excluding hydrogens is 417 g/mol. The fraction of sp³-hybridized carbons (Fsp3) is 0.316. The summed E-state index contributed by atoms with van der Waals surface area (Å²) in [5.74, 6) is 0.833. The van der Waals surface area contributed by atoms with E-state index in [1.807, 2.05) is 24.3 Å². The molecule has 2 saturated heterocycles. The number of benzene rings is 1. The van der Waals surface area contributed by atoms with Gasteiger partial charge in [0, 0.05) is 24.0 Å². The minimum Gasteiger partial charge on any atom is -0.370 e. The van der Waals surface area contributed by atoms with E-state index in [9.17, 15) is 0 Å². The molecule has 2 aliphatic rings. The van der Waals surface area contributed by atoms with Crippen molar-refractivity contribution in [2.75, 3.05) is 18.0 Å². The third kappa shape index (κ3) is 3.42. The Morgan fingerprint density at radius 3 is 2.89 bits per heavy atom. The average molecular weight is 434 g/mol. The second-order valence-electron chi connectivity index (χ2n) is 6.98. The summed E-state index contributed by atoms with van der Waals surface area (Å²) in [6.45, 7) is 1.53. The Morgan fingerprint density at radius 2 is 2.04 bits per heavy atom. The summed E-state index contributed by atoms with van der Waals surface area (Å²) in [6.07, 6.45) is 2.91. The van der Waals surface area contributed by atoms with Gasteiger partial charge in [-0.15, -0.1) is 0 Å². The topological polar surface area (TPSA) is 77.2 Å². The molecule has 5 rings (SSSR count). The first-order chi connectivity index (χ1) is 13.6. The van der Waals surface area contributed by atoms with Gasteiger partial charge in [0.05, 0.1) is 28.5 Å². The van der Waals surface area contributed by atoms with Gasteiger partial charge in [-0.3, -0.25) is 0 Å². The third-order valence-corrected chi connectivity index (χ3v) is 6.95. The molecule has 2 N–H and O–H groups in total. The molecule has 3 aromatic rings. The third-order valence-electron chi connectivity index (χ3n) is 5.03. The van der Waals surface area contributed by atoms with Crippen LogP contribution in [0.15, 0.2) is 46.5 Å². The molecule has 0 aliphatic carbocycles. The SMILES string of the molecule is N[C@H]1C[C@@H]2CN(c3cnc4nc(Sc5cccc(Cl)c5Cl)ccc4n3)CC1O2. The number of nitrogens with zero attached hydrogens (tertiary/aromatic N) is 4. The van der Waals surface area contributed by atoms with Gasteiger partial charge in [-0.05, 0) is 30.7 Å². The number of pyridine rings is 1. The van der Waals surface area contributed by atoms with E-state index in [-0.39, 0.29) is 18.2 Å². The van der Waals surface area contributed by atoms with Gasteiger partial charge in [-0.2, -0.15) is 0 Å². The number of hydrogen-bond acceptors (Lipinski definition) is 7. The molecule has 2 aliphatic heterocycles. The van der Waals surface area contributed by atoms with Crippen LogP contribution in [0.25, 0.3) is 11.2 Å². The number of nitrogens with two attached hydrogens (primary N) is 1. The molecule has 2 bridgehead atoms. The van der Waals surface area contributed by atoms with Gasteiger partial charge < -0.3 is 15.4 Å². The fourth-order valence-corrected chi connectivity index (χ4v) is 4.95. The lowest BCUT2D eigenvalue weighted by Gasteiger charge is -2.33. The smallest absolute Gasteiger partial charge is 0.179 e.